The van der Waals surface area contributed by atoms with Crippen molar-refractivity contribution in [3.63, 3.8) is 0 Å². The van der Waals surface area contributed by atoms with Crippen LogP contribution in [0.3, 0.4) is 0 Å². The van der Waals surface area contributed by atoms with Crippen LogP contribution in [0.5, 0.6) is 0 Å². The van der Waals surface area contributed by atoms with Crippen molar-refractivity contribution in [2.45, 2.75) is 25.3 Å². The van der Waals surface area contributed by atoms with Crippen molar-refractivity contribution in [3.05, 3.63) is 59.2 Å². The van der Waals surface area contributed by atoms with Crippen LogP contribution in [0.2, 0.25) is 0 Å². The lowest BCUT2D eigenvalue weighted by Crippen LogP contribution is -2.36. The van der Waals surface area contributed by atoms with Gasteiger partial charge in [-0.1, -0.05) is 18.6 Å². The molecule has 0 saturated carbocycles. The summed E-state index contributed by atoms with van der Waals surface area (Å²) in [6.45, 7) is 5.96. The molecule has 0 amide bonds. The number of hydrogen-bond donors (Lipinski definition) is 0. The molecule has 1 aliphatic heterocycles. The summed E-state index contributed by atoms with van der Waals surface area (Å²) in [5.74, 6) is 0. The average Bonchev–Trinajstić information content (AvgIpc) is 2.51. The van der Waals surface area contributed by atoms with Gasteiger partial charge in [-0.3, -0.25) is 14.1 Å². The highest BCUT2D eigenvalue weighted by Crippen LogP contribution is 2.23. The molecule has 104 valence electrons. The van der Waals surface area contributed by atoms with Gasteiger partial charge in [-0.05, 0) is 38.1 Å². The highest BCUT2D eigenvalue weighted by molar-refractivity contribution is 5.38. The highest BCUT2D eigenvalue weighted by Gasteiger charge is 2.22. The van der Waals surface area contributed by atoms with Crippen molar-refractivity contribution in [1.82, 2.24) is 14.3 Å². The Hall–Kier alpha value is -1.94. The molecule has 0 aliphatic carbocycles. The van der Waals surface area contributed by atoms with Crippen LogP contribution in [-0.4, -0.2) is 27.4 Å². The zero-order chi connectivity index (χ0) is 13.9. The second kappa shape index (κ2) is 5.59. The van der Waals surface area contributed by atoms with Crippen LogP contribution in [0.25, 0.3) is 5.65 Å². The summed E-state index contributed by atoms with van der Waals surface area (Å²) in [6, 6.07) is 5.54. The highest BCUT2D eigenvalue weighted by atomic mass is 16.1. The number of nitrogens with zero attached hydrogens (tertiary/aromatic N) is 3. The van der Waals surface area contributed by atoms with Crippen molar-refractivity contribution >= 4 is 5.65 Å². The molecule has 1 atom stereocenters. The Morgan fingerprint density at radius 3 is 2.80 bits per heavy atom. The molecule has 2 aromatic rings. The van der Waals surface area contributed by atoms with Gasteiger partial charge in [0.15, 0.2) is 0 Å². The first-order valence-corrected chi connectivity index (χ1v) is 7.14. The van der Waals surface area contributed by atoms with E-state index in [9.17, 15) is 4.79 Å². The molecular formula is C16H19N3O. The molecule has 0 bridgehead atoms. The van der Waals surface area contributed by atoms with Gasteiger partial charge in [0.25, 0.3) is 5.56 Å². The monoisotopic (exact) mass is 269 g/mol. The summed E-state index contributed by atoms with van der Waals surface area (Å²) in [7, 11) is 0. The van der Waals surface area contributed by atoms with Crippen LogP contribution < -0.4 is 5.56 Å². The molecule has 20 heavy (non-hydrogen) atoms. The molecule has 0 N–H and O–H groups in total. The fourth-order valence-corrected chi connectivity index (χ4v) is 2.91. The zero-order valence-corrected chi connectivity index (χ0v) is 11.5. The van der Waals surface area contributed by atoms with Crippen molar-refractivity contribution in [2.24, 2.45) is 0 Å². The van der Waals surface area contributed by atoms with E-state index in [-0.39, 0.29) is 11.6 Å². The standard InChI is InChI=1S/C16H19N3O/c1-2-14(18-9-5-3-6-10-18)13-12-17-15-8-4-7-11-19(15)16(13)20/h2,4,7-8,11-12,14H,1,3,5-6,9-10H2. The summed E-state index contributed by atoms with van der Waals surface area (Å²) in [6.07, 6.45) is 8.98. The topological polar surface area (TPSA) is 37.6 Å². The Labute approximate surface area is 118 Å². The molecule has 0 radical (unpaired) electrons. The van der Waals surface area contributed by atoms with E-state index in [1.807, 2.05) is 24.3 Å². The van der Waals surface area contributed by atoms with Gasteiger partial charge in [0.05, 0.1) is 11.6 Å². The van der Waals surface area contributed by atoms with Gasteiger partial charge in [0.1, 0.15) is 5.65 Å². The molecule has 3 rings (SSSR count). The summed E-state index contributed by atoms with van der Waals surface area (Å²) in [5.41, 5.74) is 1.40. The lowest BCUT2D eigenvalue weighted by atomic mass is 10.0. The maximum absolute atomic E-state index is 12.6. The van der Waals surface area contributed by atoms with Gasteiger partial charge < -0.3 is 0 Å². The minimum absolute atomic E-state index is 0.00562. The molecule has 1 unspecified atom stereocenters. The predicted molar refractivity (Wildman–Crippen MR) is 79.8 cm³/mol. The van der Waals surface area contributed by atoms with Gasteiger partial charge in [-0.25, -0.2) is 4.98 Å². The van der Waals surface area contributed by atoms with Crippen molar-refractivity contribution in [1.29, 1.82) is 0 Å². The van der Waals surface area contributed by atoms with E-state index in [1.54, 1.807) is 16.8 Å². The quantitative estimate of drug-likeness (QED) is 0.803. The minimum atomic E-state index is -0.0348. The molecule has 1 aliphatic rings. The van der Waals surface area contributed by atoms with E-state index in [0.717, 1.165) is 13.1 Å². The fraction of sp³-hybridized carbons (Fsp3) is 0.375. The third-order valence-electron chi connectivity index (χ3n) is 3.97. The molecule has 4 heteroatoms. The van der Waals surface area contributed by atoms with Crippen molar-refractivity contribution in [2.75, 3.05) is 13.1 Å². The van der Waals surface area contributed by atoms with Crippen LogP contribution in [0.15, 0.2) is 48.0 Å². The smallest absolute Gasteiger partial charge is 0.262 e. The van der Waals surface area contributed by atoms with Crippen LogP contribution in [-0.2, 0) is 0 Å². The van der Waals surface area contributed by atoms with E-state index in [2.05, 4.69) is 16.5 Å². The normalized spacial score (nSPS) is 18.0. The first-order valence-electron chi connectivity index (χ1n) is 7.14. The molecule has 1 fully saturated rings. The SMILES string of the molecule is C=CC(c1cnc2ccccn2c1=O)N1CCCCC1. The van der Waals surface area contributed by atoms with Crippen LogP contribution in [0.1, 0.15) is 30.9 Å². The maximum atomic E-state index is 12.6. The zero-order valence-electron chi connectivity index (χ0n) is 11.5. The van der Waals surface area contributed by atoms with E-state index >= 15 is 0 Å². The van der Waals surface area contributed by atoms with Crippen molar-refractivity contribution < 1.29 is 0 Å². The Bertz CT molecular complexity index is 671. The average molecular weight is 269 g/mol. The number of rotatable bonds is 3. The number of piperidine rings is 1. The van der Waals surface area contributed by atoms with Crippen molar-refractivity contribution in [3.8, 4) is 0 Å². The van der Waals surface area contributed by atoms with Crippen LogP contribution >= 0.6 is 0 Å². The molecular weight excluding hydrogens is 250 g/mol. The number of pyridine rings is 1. The molecule has 0 spiro atoms. The first-order chi connectivity index (χ1) is 9.81. The van der Waals surface area contributed by atoms with E-state index in [1.165, 1.54) is 19.3 Å². The summed E-state index contributed by atoms with van der Waals surface area (Å²) < 4.78 is 1.61. The molecule has 1 saturated heterocycles. The van der Waals surface area contributed by atoms with Gasteiger partial charge >= 0.3 is 0 Å². The Kier molecular flexibility index (Phi) is 3.65. The lowest BCUT2D eigenvalue weighted by Gasteiger charge is -2.32. The van der Waals surface area contributed by atoms with Gasteiger partial charge in [-0.15, -0.1) is 6.58 Å². The number of fused-ring (bicyclic) bond motifs is 1. The van der Waals surface area contributed by atoms with E-state index < -0.39 is 0 Å². The Morgan fingerprint density at radius 1 is 1.25 bits per heavy atom. The van der Waals surface area contributed by atoms with Gasteiger partial charge in [-0.2, -0.15) is 0 Å². The third kappa shape index (κ3) is 2.27. The largest absolute Gasteiger partial charge is 0.293 e. The number of hydrogen-bond acceptors (Lipinski definition) is 3. The molecule has 0 aromatic carbocycles. The molecule has 2 aromatic heterocycles. The second-order valence-electron chi connectivity index (χ2n) is 5.22. The predicted octanol–water partition coefficient (Wildman–Crippen LogP) is 2.41. The van der Waals surface area contributed by atoms with Gasteiger partial charge in [0.2, 0.25) is 0 Å². The Balaban J connectivity index is 2.05. The lowest BCUT2D eigenvalue weighted by molar-refractivity contribution is 0.191. The molecule has 4 nitrogen and oxygen atoms in total. The van der Waals surface area contributed by atoms with Gasteiger partial charge in [0, 0.05) is 12.4 Å². The summed E-state index contributed by atoms with van der Waals surface area (Å²) in [4.78, 5) is 19.3. The summed E-state index contributed by atoms with van der Waals surface area (Å²) >= 11 is 0. The first kappa shape index (κ1) is 13.1. The van der Waals surface area contributed by atoms with E-state index in [0.29, 0.717) is 11.2 Å². The third-order valence-corrected chi connectivity index (χ3v) is 3.97. The van der Waals surface area contributed by atoms with Crippen LogP contribution in [0.4, 0.5) is 0 Å². The minimum Gasteiger partial charge on any atom is -0.293 e. The van der Waals surface area contributed by atoms with E-state index in [4.69, 9.17) is 0 Å². The number of likely N-dealkylation sites (tertiary alicyclic amines) is 1. The maximum Gasteiger partial charge on any atom is 0.262 e. The second-order valence-corrected chi connectivity index (χ2v) is 5.22. The van der Waals surface area contributed by atoms with Crippen LogP contribution in [0, 0.1) is 0 Å². The fourth-order valence-electron chi connectivity index (χ4n) is 2.91. The summed E-state index contributed by atoms with van der Waals surface area (Å²) in [5, 5.41) is 0. The molecule has 3 heterocycles. The number of aromatic nitrogens is 2. The Morgan fingerprint density at radius 2 is 2.05 bits per heavy atom.